The number of amides is 1. The highest BCUT2D eigenvalue weighted by molar-refractivity contribution is 9.11. The molecule has 0 unspecified atom stereocenters. The molecule has 0 aliphatic carbocycles. The van der Waals surface area contributed by atoms with Crippen molar-refractivity contribution in [3.05, 3.63) is 80.7 Å². The largest absolute Gasteiger partial charge is 0.497 e. The molecule has 0 bridgehead atoms. The first-order valence-electron chi connectivity index (χ1n) is 9.11. The number of carbonyl (C=O) groups excluding carboxylic acids is 1. The van der Waals surface area contributed by atoms with Gasteiger partial charge in [-0.2, -0.15) is 0 Å². The van der Waals surface area contributed by atoms with Crippen LogP contribution in [-0.4, -0.2) is 25.8 Å². The molecule has 0 spiro atoms. The lowest BCUT2D eigenvalue weighted by atomic mass is 10.2. The second-order valence-electron chi connectivity index (χ2n) is 6.47. The summed E-state index contributed by atoms with van der Waals surface area (Å²) in [7, 11) is 1.62. The summed E-state index contributed by atoms with van der Waals surface area (Å²) in [6.07, 6.45) is 1.70. The highest BCUT2D eigenvalue weighted by Crippen LogP contribution is 2.32. The Morgan fingerprint density at radius 3 is 2.57 bits per heavy atom. The first kappa shape index (κ1) is 22.1. The summed E-state index contributed by atoms with van der Waals surface area (Å²) in [6.45, 7) is 1.84. The number of carbonyl (C=O) groups is 1. The van der Waals surface area contributed by atoms with Crippen molar-refractivity contribution in [2.45, 2.75) is 6.92 Å². The molecule has 1 amide bonds. The zero-order valence-electron chi connectivity index (χ0n) is 16.5. The van der Waals surface area contributed by atoms with Gasteiger partial charge in [-0.05, 0) is 76.9 Å². The standard InChI is InChI=1S/C23H20Br2N2O3/c1-15-4-3-5-19(10-15)27-22(28)14-30-23-16(11-17(24)12-21(23)25)13-26-18-6-8-20(29-2)9-7-18/h3-13H,14H2,1-2H3,(H,27,28). The summed E-state index contributed by atoms with van der Waals surface area (Å²) in [4.78, 5) is 16.8. The van der Waals surface area contributed by atoms with Gasteiger partial charge in [-0.15, -0.1) is 0 Å². The van der Waals surface area contributed by atoms with E-state index in [9.17, 15) is 4.79 Å². The third-order valence-corrected chi connectivity index (χ3v) is 5.16. The monoisotopic (exact) mass is 530 g/mol. The van der Waals surface area contributed by atoms with Crippen LogP contribution in [0.4, 0.5) is 11.4 Å². The number of halogens is 2. The van der Waals surface area contributed by atoms with E-state index in [2.05, 4.69) is 42.2 Å². The number of hydrogen-bond donors (Lipinski definition) is 1. The summed E-state index contributed by atoms with van der Waals surface area (Å²) < 4.78 is 12.6. The van der Waals surface area contributed by atoms with E-state index in [1.165, 1.54) is 0 Å². The van der Waals surface area contributed by atoms with Gasteiger partial charge in [-0.1, -0.05) is 28.1 Å². The van der Waals surface area contributed by atoms with Crippen LogP contribution in [0.15, 0.2) is 74.6 Å². The second kappa shape index (κ2) is 10.4. The molecule has 0 aliphatic rings. The van der Waals surface area contributed by atoms with Crippen LogP contribution in [0.1, 0.15) is 11.1 Å². The molecule has 0 radical (unpaired) electrons. The van der Waals surface area contributed by atoms with Crippen molar-refractivity contribution in [2.24, 2.45) is 4.99 Å². The van der Waals surface area contributed by atoms with Crippen LogP contribution in [0.3, 0.4) is 0 Å². The summed E-state index contributed by atoms with van der Waals surface area (Å²) in [5.74, 6) is 1.06. The zero-order valence-corrected chi connectivity index (χ0v) is 19.7. The van der Waals surface area contributed by atoms with Gasteiger partial charge in [-0.25, -0.2) is 0 Å². The molecule has 1 N–H and O–H groups in total. The first-order valence-corrected chi connectivity index (χ1v) is 10.7. The molecular weight excluding hydrogens is 512 g/mol. The second-order valence-corrected chi connectivity index (χ2v) is 8.24. The molecule has 7 heteroatoms. The van der Waals surface area contributed by atoms with Gasteiger partial charge < -0.3 is 14.8 Å². The lowest BCUT2D eigenvalue weighted by molar-refractivity contribution is -0.118. The average Bonchev–Trinajstić information content (AvgIpc) is 2.71. The number of benzene rings is 3. The molecular formula is C23H20Br2N2O3. The minimum Gasteiger partial charge on any atom is -0.497 e. The van der Waals surface area contributed by atoms with Crippen LogP contribution in [-0.2, 0) is 4.79 Å². The van der Waals surface area contributed by atoms with Gasteiger partial charge in [0.15, 0.2) is 6.61 Å². The average molecular weight is 532 g/mol. The number of hydrogen-bond acceptors (Lipinski definition) is 4. The number of rotatable bonds is 7. The van der Waals surface area contributed by atoms with Crippen molar-refractivity contribution in [2.75, 3.05) is 19.0 Å². The highest BCUT2D eigenvalue weighted by Gasteiger charge is 2.12. The van der Waals surface area contributed by atoms with Crippen LogP contribution >= 0.6 is 31.9 Å². The van der Waals surface area contributed by atoms with Gasteiger partial charge >= 0.3 is 0 Å². The third kappa shape index (κ3) is 6.18. The maximum atomic E-state index is 12.3. The Morgan fingerprint density at radius 2 is 1.87 bits per heavy atom. The summed E-state index contributed by atoms with van der Waals surface area (Å²) in [5.41, 5.74) is 3.31. The molecule has 3 aromatic rings. The number of ether oxygens (including phenoxy) is 2. The van der Waals surface area contributed by atoms with Crippen LogP contribution in [0.5, 0.6) is 11.5 Å². The number of methoxy groups -OCH3 is 1. The van der Waals surface area contributed by atoms with Crippen LogP contribution < -0.4 is 14.8 Å². The topological polar surface area (TPSA) is 59.9 Å². The Morgan fingerprint density at radius 1 is 1.10 bits per heavy atom. The van der Waals surface area contributed by atoms with E-state index in [4.69, 9.17) is 9.47 Å². The summed E-state index contributed by atoms with van der Waals surface area (Å²) in [5, 5.41) is 2.84. The molecule has 0 heterocycles. The Hall–Kier alpha value is -2.64. The Kier molecular flexibility index (Phi) is 7.65. The van der Waals surface area contributed by atoms with Gasteiger partial charge in [0.05, 0.1) is 17.3 Å². The van der Waals surface area contributed by atoms with E-state index in [0.717, 1.165) is 37.2 Å². The molecule has 0 aromatic heterocycles. The number of nitrogens with zero attached hydrogens (tertiary/aromatic N) is 1. The van der Waals surface area contributed by atoms with E-state index in [1.807, 2.05) is 67.6 Å². The molecule has 5 nitrogen and oxygen atoms in total. The van der Waals surface area contributed by atoms with Crippen molar-refractivity contribution in [1.82, 2.24) is 0 Å². The zero-order chi connectivity index (χ0) is 21.5. The molecule has 30 heavy (non-hydrogen) atoms. The van der Waals surface area contributed by atoms with Gasteiger partial charge in [0, 0.05) is 21.9 Å². The maximum absolute atomic E-state index is 12.3. The lowest BCUT2D eigenvalue weighted by Gasteiger charge is -2.12. The normalized spacial score (nSPS) is 10.8. The quantitative estimate of drug-likeness (QED) is 0.364. The minimum absolute atomic E-state index is 0.127. The summed E-state index contributed by atoms with van der Waals surface area (Å²) in [6, 6.07) is 18.8. The van der Waals surface area contributed by atoms with Crippen molar-refractivity contribution in [3.63, 3.8) is 0 Å². The van der Waals surface area contributed by atoms with E-state index in [1.54, 1.807) is 13.3 Å². The van der Waals surface area contributed by atoms with Gasteiger partial charge in [0.25, 0.3) is 5.91 Å². The van der Waals surface area contributed by atoms with Crippen LogP contribution in [0, 0.1) is 6.92 Å². The van der Waals surface area contributed by atoms with Crippen molar-refractivity contribution in [3.8, 4) is 11.5 Å². The number of aryl methyl sites for hydroxylation is 1. The van der Waals surface area contributed by atoms with Gasteiger partial charge in [0.2, 0.25) is 0 Å². The molecule has 154 valence electrons. The van der Waals surface area contributed by atoms with Crippen LogP contribution in [0.25, 0.3) is 0 Å². The smallest absolute Gasteiger partial charge is 0.262 e. The molecule has 0 saturated heterocycles. The Bertz CT molecular complexity index is 1070. The fraction of sp³-hybridized carbons (Fsp3) is 0.130. The molecule has 0 saturated carbocycles. The fourth-order valence-corrected chi connectivity index (χ4v) is 4.07. The van der Waals surface area contributed by atoms with Crippen molar-refractivity contribution < 1.29 is 14.3 Å². The number of aliphatic imine (C=N–C) groups is 1. The predicted molar refractivity (Wildman–Crippen MR) is 127 cm³/mol. The highest BCUT2D eigenvalue weighted by atomic mass is 79.9. The Balaban J connectivity index is 1.73. The van der Waals surface area contributed by atoms with Gasteiger partial charge in [0.1, 0.15) is 11.5 Å². The lowest BCUT2D eigenvalue weighted by Crippen LogP contribution is -2.20. The van der Waals surface area contributed by atoms with E-state index in [0.29, 0.717) is 5.75 Å². The molecule has 0 fully saturated rings. The maximum Gasteiger partial charge on any atom is 0.262 e. The number of nitrogens with one attached hydrogen (secondary N) is 1. The van der Waals surface area contributed by atoms with E-state index in [-0.39, 0.29) is 12.5 Å². The van der Waals surface area contributed by atoms with Crippen LogP contribution in [0.2, 0.25) is 0 Å². The molecule has 0 aliphatic heterocycles. The van der Waals surface area contributed by atoms with E-state index < -0.39 is 0 Å². The van der Waals surface area contributed by atoms with Gasteiger partial charge in [-0.3, -0.25) is 9.79 Å². The summed E-state index contributed by atoms with van der Waals surface area (Å²) >= 11 is 6.98. The van der Waals surface area contributed by atoms with Crippen molar-refractivity contribution in [1.29, 1.82) is 0 Å². The molecule has 0 atom stereocenters. The van der Waals surface area contributed by atoms with Crippen molar-refractivity contribution >= 4 is 55.4 Å². The number of anilines is 1. The fourth-order valence-electron chi connectivity index (χ4n) is 2.70. The predicted octanol–water partition coefficient (Wildman–Crippen LogP) is 6.30. The Labute approximate surface area is 192 Å². The SMILES string of the molecule is COc1ccc(N=Cc2cc(Br)cc(Br)c2OCC(=O)Nc2cccc(C)c2)cc1. The minimum atomic E-state index is -0.242. The molecule has 3 aromatic carbocycles. The first-order chi connectivity index (χ1) is 14.4. The van der Waals surface area contributed by atoms with E-state index >= 15 is 0 Å². The third-order valence-electron chi connectivity index (χ3n) is 4.11. The molecule has 3 rings (SSSR count).